The van der Waals surface area contributed by atoms with Crippen LogP contribution in [0.3, 0.4) is 0 Å². The van der Waals surface area contributed by atoms with Gasteiger partial charge in [-0.25, -0.2) is 8.42 Å². The molecule has 5 nitrogen and oxygen atoms in total. The quantitative estimate of drug-likeness (QED) is 0.596. The number of piperidine rings is 1. The van der Waals surface area contributed by atoms with Gasteiger partial charge in [-0.05, 0) is 80.0 Å². The highest BCUT2D eigenvalue weighted by Crippen LogP contribution is 2.30. The molecule has 9 heteroatoms. The Hall–Kier alpha value is -1.97. The second kappa shape index (κ2) is 9.89. The molecule has 1 N–H and O–H groups in total. The van der Waals surface area contributed by atoms with Crippen molar-refractivity contribution in [3.8, 4) is 0 Å². The van der Waals surface area contributed by atoms with Crippen molar-refractivity contribution in [2.24, 2.45) is 5.92 Å². The van der Waals surface area contributed by atoms with Gasteiger partial charge in [0.2, 0.25) is 15.9 Å². The average Bonchev–Trinajstić information content (AvgIpc) is 2.78. The molecule has 172 valence electrons. The molecule has 1 fully saturated rings. The van der Waals surface area contributed by atoms with Gasteiger partial charge in [-0.3, -0.25) is 4.79 Å². The minimum absolute atomic E-state index is 0.213. The van der Waals surface area contributed by atoms with E-state index in [1.54, 1.807) is 24.3 Å². The van der Waals surface area contributed by atoms with Crippen molar-refractivity contribution in [3.05, 3.63) is 53.6 Å². The third kappa shape index (κ3) is 5.32. The first kappa shape index (κ1) is 23.2. The fourth-order valence-electron chi connectivity index (χ4n) is 4.37. The van der Waals surface area contributed by atoms with Gasteiger partial charge in [0.25, 0.3) is 5.76 Å². The maximum atomic E-state index is 13.1. The lowest BCUT2D eigenvalue weighted by Crippen LogP contribution is -2.41. The summed E-state index contributed by atoms with van der Waals surface area (Å²) in [5, 5.41) is 2.78. The number of sulfonamides is 1. The minimum Gasteiger partial charge on any atom is -0.326 e. The van der Waals surface area contributed by atoms with Crippen LogP contribution >= 0.6 is 11.8 Å². The fraction of sp³-hybridized carbons (Fsp3) is 0.435. The molecule has 1 aliphatic carbocycles. The van der Waals surface area contributed by atoms with E-state index in [1.165, 1.54) is 15.9 Å². The zero-order chi connectivity index (χ0) is 22.7. The second-order valence-corrected chi connectivity index (χ2v) is 11.2. The zero-order valence-corrected chi connectivity index (χ0v) is 19.2. The number of nitrogens with one attached hydrogen (secondary N) is 1. The molecule has 32 heavy (non-hydrogen) atoms. The van der Waals surface area contributed by atoms with E-state index in [1.807, 2.05) is 12.1 Å². The number of anilines is 1. The summed E-state index contributed by atoms with van der Waals surface area (Å²) in [4.78, 5) is 13.4. The van der Waals surface area contributed by atoms with Crippen molar-refractivity contribution in [1.82, 2.24) is 4.31 Å². The summed E-state index contributed by atoms with van der Waals surface area (Å²) in [5.74, 6) is -3.06. The Morgan fingerprint density at radius 1 is 1.03 bits per heavy atom. The molecular formula is C23H26F2N2O3S2. The van der Waals surface area contributed by atoms with Crippen LogP contribution in [0.25, 0.3) is 0 Å². The number of hydrogen-bond acceptors (Lipinski definition) is 4. The highest BCUT2D eigenvalue weighted by atomic mass is 32.2. The monoisotopic (exact) mass is 480 g/mol. The third-order valence-corrected chi connectivity index (χ3v) is 8.71. The summed E-state index contributed by atoms with van der Waals surface area (Å²) < 4.78 is 52.8. The largest absolute Gasteiger partial charge is 0.326 e. The highest BCUT2D eigenvalue weighted by Gasteiger charge is 2.32. The summed E-state index contributed by atoms with van der Waals surface area (Å²) in [5.41, 5.74) is 2.82. The number of thioether (sulfide) groups is 1. The Balaban J connectivity index is 1.37. The number of carbonyl (C=O) groups is 1. The normalized spacial score (nSPS) is 17.8. The van der Waals surface area contributed by atoms with Gasteiger partial charge in [-0.15, -0.1) is 0 Å². The SMILES string of the molecule is O=C(Nc1cccc(SC(F)F)c1)C1CCN(S(=O)(=O)c2ccc3c(c2)CCCC3)CC1. The lowest BCUT2D eigenvalue weighted by molar-refractivity contribution is -0.120. The first-order valence-corrected chi connectivity index (χ1v) is 13.1. The molecular weight excluding hydrogens is 454 g/mol. The number of benzene rings is 2. The number of hydrogen-bond donors (Lipinski definition) is 1. The van der Waals surface area contributed by atoms with Crippen LogP contribution in [0.1, 0.15) is 36.8 Å². The van der Waals surface area contributed by atoms with Crippen LogP contribution in [0.15, 0.2) is 52.3 Å². The van der Waals surface area contributed by atoms with Gasteiger partial charge in [0.05, 0.1) is 4.90 Å². The molecule has 1 saturated heterocycles. The van der Waals surface area contributed by atoms with Gasteiger partial charge in [-0.1, -0.05) is 23.9 Å². The number of aryl methyl sites for hydroxylation is 2. The molecule has 0 atom stereocenters. The molecule has 0 unspecified atom stereocenters. The van der Waals surface area contributed by atoms with Gasteiger partial charge < -0.3 is 5.32 Å². The third-order valence-electron chi connectivity index (χ3n) is 6.11. The van der Waals surface area contributed by atoms with E-state index in [4.69, 9.17) is 0 Å². The molecule has 0 saturated carbocycles. The maximum Gasteiger partial charge on any atom is 0.288 e. The van der Waals surface area contributed by atoms with Crippen LogP contribution < -0.4 is 5.32 Å². The van der Waals surface area contributed by atoms with Crippen molar-refractivity contribution in [3.63, 3.8) is 0 Å². The van der Waals surface area contributed by atoms with E-state index in [-0.39, 0.29) is 24.9 Å². The molecule has 2 aromatic rings. The summed E-state index contributed by atoms with van der Waals surface area (Å²) >= 11 is 0.427. The zero-order valence-electron chi connectivity index (χ0n) is 17.6. The minimum atomic E-state index is -3.59. The summed E-state index contributed by atoms with van der Waals surface area (Å²) in [6.07, 6.45) is 4.98. The smallest absolute Gasteiger partial charge is 0.288 e. The summed E-state index contributed by atoms with van der Waals surface area (Å²) in [6.45, 7) is 0.553. The molecule has 0 spiro atoms. The second-order valence-electron chi connectivity index (χ2n) is 8.21. The van der Waals surface area contributed by atoms with E-state index < -0.39 is 15.8 Å². The Labute approximate surface area is 191 Å². The number of rotatable bonds is 6. The molecule has 0 bridgehead atoms. The first-order chi connectivity index (χ1) is 15.3. The summed E-state index contributed by atoms with van der Waals surface area (Å²) in [7, 11) is -3.59. The van der Waals surface area contributed by atoms with Gasteiger partial charge in [0.1, 0.15) is 0 Å². The molecule has 1 amide bonds. The highest BCUT2D eigenvalue weighted by molar-refractivity contribution is 7.99. The predicted octanol–water partition coefficient (Wildman–Crippen LogP) is 4.92. The Bertz CT molecular complexity index is 1080. The number of carbonyl (C=O) groups excluding carboxylic acids is 1. The van der Waals surface area contributed by atoms with E-state index in [9.17, 15) is 22.0 Å². The van der Waals surface area contributed by atoms with Crippen molar-refractivity contribution >= 4 is 33.4 Å². The van der Waals surface area contributed by atoms with E-state index >= 15 is 0 Å². The van der Waals surface area contributed by atoms with Crippen LogP contribution in [0.4, 0.5) is 14.5 Å². The predicted molar refractivity (Wildman–Crippen MR) is 121 cm³/mol. The van der Waals surface area contributed by atoms with Gasteiger partial charge in [-0.2, -0.15) is 13.1 Å². The Kier molecular flexibility index (Phi) is 7.17. The van der Waals surface area contributed by atoms with Crippen molar-refractivity contribution < 1.29 is 22.0 Å². The Morgan fingerprint density at radius 3 is 2.47 bits per heavy atom. The molecule has 1 aliphatic heterocycles. The lowest BCUT2D eigenvalue weighted by atomic mass is 9.92. The van der Waals surface area contributed by atoms with E-state index in [0.29, 0.717) is 40.1 Å². The molecule has 4 rings (SSSR count). The molecule has 0 aromatic heterocycles. The van der Waals surface area contributed by atoms with Gasteiger partial charge >= 0.3 is 0 Å². The number of fused-ring (bicyclic) bond motifs is 1. The van der Waals surface area contributed by atoms with Crippen molar-refractivity contribution in [1.29, 1.82) is 0 Å². The molecule has 0 radical (unpaired) electrons. The number of amides is 1. The van der Waals surface area contributed by atoms with Crippen molar-refractivity contribution in [2.45, 2.75) is 54.1 Å². The molecule has 1 heterocycles. The van der Waals surface area contributed by atoms with Crippen LogP contribution in [-0.2, 0) is 27.7 Å². The number of alkyl halides is 2. The standard InChI is InChI=1S/C23H26F2N2O3S2/c24-23(25)31-20-7-3-6-19(15-20)26-22(28)17-10-12-27(13-11-17)32(29,30)21-9-8-16-4-1-2-5-18(16)14-21/h3,6-9,14-15,17,23H,1-2,4-5,10-13H2,(H,26,28). The van der Waals surface area contributed by atoms with Crippen LogP contribution in [0, 0.1) is 5.92 Å². The van der Waals surface area contributed by atoms with E-state index in [0.717, 1.165) is 31.2 Å². The van der Waals surface area contributed by atoms with E-state index in [2.05, 4.69) is 5.32 Å². The average molecular weight is 481 g/mol. The fourth-order valence-corrected chi connectivity index (χ4v) is 6.45. The first-order valence-electron chi connectivity index (χ1n) is 10.8. The summed E-state index contributed by atoms with van der Waals surface area (Å²) in [6, 6.07) is 11.8. The molecule has 2 aromatic carbocycles. The van der Waals surface area contributed by atoms with Gasteiger partial charge in [0.15, 0.2) is 0 Å². The number of nitrogens with zero attached hydrogens (tertiary/aromatic N) is 1. The lowest BCUT2D eigenvalue weighted by Gasteiger charge is -2.31. The van der Waals surface area contributed by atoms with Gasteiger partial charge in [0, 0.05) is 29.6 Å². The number of halogens is 2. The maximum absolute atomic E-state index is 13.1. The van der Waals surface area contributed by atoms with Crippen molar-refractivity contribution in [2.75, 3.05) is 18.4 Å². The van der Waals surface area contributed by atoms with Crippen LogP contribution in [0.2, 0.25) is 0 Å². The topological polar surface area (TPSA) is 66.5 Å². The Morgan fingerprint density at radius 2 is 1.75 bits per heavy atom. The van der Waals surface area contributed by atoms with Crippen LogP contribution in [-0.4, -0.2) is 37.5 Å². The van der Waals surface area contributed by atoms with Crippen LogP contribution in [0.5, 0.6) is 0 Å². The molecule has 2 aliphatic rings.